The highest BCUT2D eigenvalue weighted by Crippen LogP contribution is 2.35. The lowest BCUT2D eigenvalue weighted by atomic mass is 9.80. The van der Waals surface area contributed by atoms with Gasteiger partial charge in [0.2, 0.25) is 0 Å². The Morgan fingerprint density at radius 3 is 2.36 bits per heavy atom. The van der Waals surface area contributed by atoms with Gasteiger partial charge >= 0.3 is 0 Å². The minimum absolute atomic E-state index is 0.291. The minimum Gasteiger partial charge on any atom is -0.247 e. The van der Waals surface area contributed by atoms with Crippen molar-refractivity contribution >= 4 is 9.84 Å². The summed E-state index contributed by atoms with van der Waals surface area (Å²) in [5.74, 6) is 0.117. The van der Waals surface area contributed by atoms with E-state index in [1.54, 1.807) is 0 Å². The van der Waals surface area contributed by atoms with E-state index >= 15 is 0 Å². The second-order valence-corrected chi connectivity index (χ2v) is 6.89. The second kappa shape index (κ2) is 4.17. The summed E-state index contributed by atoms with van der Waals surface area (Å²) in [6, 6.07) is 0. The first kappa shape index (κ1) is 12.0. The van der Waals surface area contributed by atoms with Crippen LogP contribution >= 0.6 is 0 Å². The summed E-state index contributed by atoms with van der Waals surface area (Å²) in [5.41, 5.74) is 0. The highest BCUT2D eigenvalue weighted by Gasteiger charge is 2.38. The molecular weight excluding hydrogens is 203 g/mol. The van der Waals surface area contributed by atoms with Crippen LogP contribution in [0.5, 0.6) is 0 Å². The van der Waals surface area contributed by atoms with Crippen molar-refractivity contribution in [3.05, 3.63) is 0 Å². The van der Waals surface area contributed by atoms with Gasteiger partial charge in [-0.3, -0.25) is 0 Å². The van der Waals surface area contributed by atoms with E-state index in [9.17, 15) is 12.8 Å². The summed E-state index contributed by atoms with van der Waals surface area (Å²) in [6.07, 6.45) is 2.49. The highest BCUT2D eigenvalue weighted by atomic mass is 32.2. The summed E-state index contributed by atoms with van der Waals surface area (Å²) in [7, 11) is -3.09. The molecule has 2 nitrogen and oxygen atoms in total. The average Bonchev–Trinajstić information content (AvgIpc) is 2.01. The molecule has 4 unspecified atom stereocenters. The summed E-state index contributed by atoms with van der Waals surface area (Å²) in [5, 5.41) is -0.466. The molecule has 0 heterocycles. The Labute approximate surface area is 85.8 Å². The third-order valence-corrected chi connectivity index (χ3v) is 4.89. The number of sulfone groups is 1. The van der Waals surface area contributed by atoms with Crippen LogP contribution in [0.15, 0.2) is 0 Å². The molecule has 0 aromatic carbocycles. The molecule has 1 rings (SSSR count). The second-order valence-electron chi connectivity index (χ2n) is 4.63. The number of alkyl halides is 1. The first-order chi connectivity index (χ1) is 6.32. The summed E-state index contributed by atoms with van der Waals surface area (Å²) in [4.78, 5) is 0. The Morgan fingerprint density at radius 1 is 1.36 bits per heavy atom. The Morgan fingerprint density at radius 2 is 1.93 bits per heavy atom. The van der Waals surface area contributed by atoms with Gasteiger partial charge in [-0.25, -0.2) is 12.8 Å². The summed E-state index contributed by atoms with van der Waals surface area (Å²) < 4.78 is 36.2. The fourth-order valence-corrected chi connectivity index (χ4v) is 4.04. The van der Waals surface area contributed by atoms with Gasteiger partial charge in [0.05, 0.1) is 5.25 Å². The zero-order valence-corrected chi connectivity index (χ0v) is 9.85. The first-order valence-electron chi connectivity index (χ1n) is 5.15. The molecule has 1 aliphatic carbocycles. The highest BCUT2D eigenvalue weighted by molar-refractivity contribution is 7.91. The lowest BCUT2D eigenvalue weighted by Gasteiger charge is -2.34. The number of halogens is 1. The van der Waals surface area contributed by atoms with Crippen molar-refractivity contribution in [3.63, 3.8) is 0 Å². The van der Waals surface area contributed by atoms with E-state index < -0.39 is 21.3 Å². The third kappa shape index (κ3) is 2.69. The fourth-order valence-electron chi connectivity index (χ4n) is 2.37. The van der Waals surface area contributed by atoms with E-state index in [0.29, 0.717) is 18.8 Å². The van der Waals surface area contributed by atoms with Gasteiger partial charge in [-0.2, -0.15) is 0 Å². The van der Waals surface area contributed by atoms with Crippen LogP contribution in [0.1, 0.15) is 33.1 Å². The number of rotatable bonds is 2. The molecule has 0 saturated heterocycles. The van der Waals surface area contributed by atoms with Gasteiger partial charge in [0, 0.05) is 12.2 Å². The number of hydrogen-bond acceptors (Lipinski definition) is 2. The van der Waals surface area contributed by atoms with E-state index in [1.165, 1.54) is 13.2 Å². The Balaban J connectivity index is 2.85. The zero-order valence-electron chi connectivity index (χ0n) is 9.03. The monoisotopic (exact) mass is 222 g/mol. The molecule has 0 spiro atoms. The average molecular weight is 222 g/mol. The summed E-state index contributed by atoms with van der Waals surface area (Å²) in [6.45, 7) is 3.51. The molecule has 0 aromatic heterocycles. The third-order valence-electron chi connectivity index (χ3n) is 3.24. The lowest BCUT2D eigenvalue weighted by Crippen LogP contribution is -2.39. The smallest absolute Gasteiger partial charge is 0.150 e. The van der Waals surface area contributed by atoms with Crippen LogP contribution in [0, 0.1) is 11.8 Å². The summed E-state index contributed by atoms with van der Waals surface area (Å²) >= 11 is 0. The molecule has 0 amide bonds. The van der Waals surface area contributed by atoms with E-state index in [1.807, 2.05) is 6.92 Å². The van der Waals surface area contributed by atoms with Crippen molar-refractivity contribution in [1.29, 1.82) is 0 Å². The molecule has 0 N–H and O–H groups in total. The SMILES string of the molecule is CC1CCC(C(C)F)C(S(C)(=O)=O)C1. The van der Waals surface area contributed by atoms with Gasteiger partial charge in [-0.05, 0) is 25.7 Å². The largest absolute Gasteiger partial charge is 0.247 e. The van der Waals surface area contributed by atoms with Crippen LogP contribution < -0.4 is 0 Å². The first-order valence-corrected chi connectivity index (χ1v) is 7.10. The molecule has 1 aliphatic rings. The maximum Gasteiger partial charge on any atom is 0.150 e. The number of hydrogen-bond donors (Lipinski definition) is 0. The Hall–Kier alpha value is -0.120. The topological polar surface area (TPSA) is 34.1 Å². The Bertz CT molecular complexity index is 284. The van der Waals surface area contributed by atoms with E-state index in [0.717, 1.165) is 6.42 Å². The minimum atomic E-state index is -3.09. The van der Waals surface area contributed by atoms with Crippen LogP contribution in [-0.2, 0) is 9.84 Å². The van der Waals surface area contributed by atoms with Gasteiger partial charge in [-0.1, -0.05) is 13.3 Å². The predicted molar refractivity (Wildman–Crippen MR) is 55.7 cm³/mol. The molecular formula is C10H19FO2S. The molecule has 4 atom stereocenters. The fraction of sp³-hybridized carbons (Fsp3) is 1.00. The Kier molecular flexibility index (Phi) is 3.56. The standard InChI is InChI=1S/C10H19FO2S/c1-7-4-5-9(8(2)11)10(6-7)14(3,12)13/h7-10H,4-6H2,1-3H3. The molecule has 1 fully saturated rings. The molecule has 1 saturated carbocycles. The van der Waals surface area contributed by atoms with Gasteiger partial charge in [0.25, 0.3) is 0 Å². The maximum atomic E-state index is 13.2. The molecule has 0 radical (unpaired) electrons. The van der Waals surface area contributed by atoms with Gasteiger partial charge in [-0.15, -0.1) is 0 Å². The van der Waals surface area contributed by atoms with Crippen molar-refractivity contribution < 1.29 is 12.8 Å². The van der Waals surface area contributed by atoms with Gasteiger partial charge < -0.3 is 0 Å². The van der Waals surface area contributed by atoms with Crippen LogP contribution in [-0.4, -0.2) is 26.1 Å². The van der Waals surface area contributed by atoms with Crippen LogP contribution in [0.4, 0.5) is 4.39 Å². The van der Waals surface area contributed by atoms with Crippen molar-refractivity contribution in [2.75, 3.05) is 6.26 Å². The molecule has 14 heavy (non-hydrogen) atoms. The van der Waals surface area contributed by atoms with Crippen molar-refractivity contribution in [2.24, 2.45) is 11.8 Å². The zero-order chi connectivity index (χ0) is 10.9. The lowest BCUT2D eigenvalue weighted by molar-refractivity contribution is 0.177. The predicted octanol–water partition coefficient (Wildman–Crippen LogP) is 2.19. The van der Waals surface area contributed by atoms with Gasteiger partial charge in [0.1, 0.15) is 6.17 Å². The molecule has 84 valence electrons. The van der Waals surface area contributed by atoms with Crippen molar-refractivity contribution in [2.45, 2.75) is 44.5 Å². The molecule has 0 aliphatic heterocycles. The molecule has 4 heteroatoms. The van der Waals surface area contributed by atoms with Crippen LogP contribution in [0.3, 0.4) is 0 Å². The van der Waals surface area contributed by atoms with Crippen LogP contribution in [0.25, 0.3) is 0 Å². The quantitative estimate of drug-likeness (QED) is 0.717. The van der Waals surface area contributed by atoms with Crippen LogP contribution in [0.2, 0.25) is 0 Å². The maximum absolute atomic E-state index is 13.2. The van der Waals surface area contributed by atoms with E-state index in [-0.39, 0.29) is 5.92 Å². The molecule has 0 bridgehead atoms. The molecule has 0 aromatic rings. The van der Waals surface area contributed by atoms with Crippen molar-refractivity contribution in [1.82, 2.24) is 0 Å². The van der Waals surface area contributed by atoms with E-state index in [4.69, 9.17) is 0 Å². The van der Waals surface area contributed by atoms with Gasteiger partial charge in [0.15, 0.2) is 9.84 Å². The van der Waals surface area contributed by atoms with Crippen molar-refractivity contribution in [3.8, 4) is 0 Å². The normalized spacial score (nSPS) is 36.7. The van der Waals surface area contributed by atoms with E-state index in [2.05, 4.69) is 0 Å².